The number of hydrogen-bond acceptors (Lipinski definition) is 3. The third kappa shape index (κ3) is 1.48. The van der Waals surface area contributed by atoms with Gasteiger partial charge in [-0.2, -0.15) is 16.6 Å². The molecule has 3 heteroatoms. The van der Waals surface area contributed by atoms with E-state index in [0.29, 0.717) is 11.3 Å². The van der Waals surface area contributed by atoms with E-state index in [2.05, 4.69) is 5.38 Å². The Morgan fingerprint density at radius 1 is 1.21 bits per heavy atom. The van der Waals surface area contributed by atoms with E-state index in [-0.39, 0.29) is 0 Å². The van der Waals surface area contributed by atoms with Crippen LogP contribution in [0.4, 0.5) is 5.69 Å². The van der Waals surface area contributed by atoms with Crippen molar-refractivity contribution in [1.29, 1.82) is 5.26 Å². The summed E-state index contributed by atoms with van der Waals surface area (Å²) in [4.78, 5) is 0. The van der Waals surface area contributed by atoms with Gasteiger partial charge in [-0.1, -0.05) is 6.07 Å². The van der Waals surface area contributed by atoms with E-state index in [9.17, 15) is 0 Å². The van der Waals surface area contributed by atoms with Crippen molar-refractivity contribution in [1.82, 2.24) is 0 Å². The Labute approximate surface area is 86.2 Å². The Hall–Kier alpha value is -1.79. The summed E-state index contributed by atoms with van der Waals surface area (Å²) < 4.78 is 0. The normalized spacial score (nSPS) is 9.64. The van der Waals surface area contributed by atoms with E-state index < -0.39 is 0 Å². The zero-order valence-corrected chi connectivity index (χ0v) is 8.21. The second-order valence-electron chi connectivity index (χ2n) is 2.93. The topological polar surface area (TPSA) is 49.8 Å². The Kier molecular flexibility index (Phi) is 2.21. The quantitative estimate of drug-likeness (QED) is 0.719. The lowest BCUT2D eigenvalue weighted by molar-refractivity contribution is 1.48. The standard InChI is InChI=1S/C11H8N2S/c12-6-9-2-1-8(5-11(9)13)10-3-4-14-7-10/h1-5,7H,13H2. The zero-order chi connectivity index (χ0) is 9.97. The number of rotatable bonds is 1. The molecule has 0 fully saturated rings. The van der Waals surface area contributed by atoms with Crippen LogP contribution in [-0.4, -0.2) is 0 Å². The summed E-state index contributed by atoms with van der Waals surface area (Å²) in [5.74, 6) is 0. The fourth-order valence-electron chi connectivity index (χ4n) is 1.27. The molecule has 1 aromatic heterocycles. The first-order valence-corrected chi connectivity index (χ1v) is 5.08. The van der Waals surface area contributed by atoms with Gasteiger partial charge < -0.3 is 5.73 Å². The number of nitriles is 1. The largest absolute Gasteiger partial charge is 0.398 e. The average Bonchev–Trinajstić information content (AvgIpc) is 2.70. The number of thiophene rings is 1. The van der Waals surface area contributed by atoms with Gasteiger partial charge in [0, 0.05) is 0 Å². The van der Waals surface area contributed by atoms with Crippen LogP contribution in [0.1, 0.15) is 5.56 Å². The lowest BCUT2D eigenvalue weighted by Gasteiger charge is -2.01. The summed E-state index contributed by atoms with van der Waals surface area (Å²) in [6.45, 7) is 0. The van der Waals surface area contributed by atoms with Crippen LogP contribution in [0.5, 0.6) is 0 Å². The van der Waals surface area contributed by atoms with Gasteiger partial charge in [-0.15, -0.1) is 0 Å². The summed E-state index contributed by atoms with van der Waals surface area (Å²) in [7, 11) is 0. The lowest BCUT2D eigenvalue weighted by Crippen LogP contribution is -1.90. The molecular formula is C11H8N2S. The molecule has 2 aromatic rings. The molecule has 2 rings (SSSR count). The Balaban J connectivity index is 2.49. The molecule has 2 N–H and O–H groups in total. The van der Waals surface area contributed by atoms with Crippen molar-refractivity contribution < 1.29 is 0 Å². The van der Waals surface area contributed by atoms with Gasteiger partial charge in [-0.3, -0.25) is 0 Å². The van der Waals surface area contributed by atoms with E-state index in [0.717, 1.165) is 11.1 Å². The summed E-state index contributed by atoms with van der Waals surface area (Å²) in [6.07, 6.45) is 0. The van der Waals surface area contributed by atoms with Crippen LogP contribution >= 0.6 is 11.3 Å². The molecule has 0 bridgehead atoms. The fraction of sp³-hybridized carbons (Fsp3) is 0. The summed E-state index contributed by atoms with van der Waals surface area (Å²) in [5.41, 5.74) is 8.99. The van der Waals surface area contributed by atoms with Gasteiger partial charge in [0.15, 0.2) is 0 Å². The Morgan fingerprint density at radius 3 is 2.64 bits per heavy atom. The van der Waals surface area contributed by atoms with Gasteiger partial charge in [0.05, 0.1) is 11.3 Å². The molecule has 0 unspecified atom stereocenters. The minimum atomic E-state index is 0.531. The van der Waals surface area contributed by atoms with Gasteiger partial charge in [0.1, 0.15) is 6.07 Å². The van der Waals surface area contributed by atoms with Crippen molar-refractivity contribution in [2.24, 2.45) is 0 Å². The van der Waals surface area contributed by atoms with Gasteiger partial charge in [0.2, 0.25) is 0 Å². The SMILES string of the molecule is N#Cc1ccc(-c2ccsc2)cc1N. The minimum Gasteiger partial charge on any atom is -0.398 e. The van der Waals surface area contributed by atoms with Gasteiger partial charge in [-0.05, 0) is 40.1 Å². The van der Waals surface area contributed by atoms with Crippen LogP contribution < -0.4 is 5.73 Å². The highest BCUT2D eigenvalue weighted by Crippen LogP contribution is 2.25. The molecular weight excluding hydrogens is 192 g/mol. The molecule has 68 valence electrons. The molecule has 14 heavy (non-hydrogen) atoms. The number of hydrogen-bond donors (Lipinski definition) is 1. The van der Waals surface area contributed by atoms with E-state index in [4.69, 9.17) is 11.0 Å². The second kappa shape index (κ2) is 3.52. The van der Waals surface area contributed by atoms with Crippen molar-refractivity contribution in [3.8, 4) is 17.2 Å². The predicted octanol–water partition coefficient (Wildman–Crippen LogP) is 2.87. The highest BCUT2D eigenvalue weighted by atomic mass is 32.1. The van der Waals surface area contributed by atoms with Crippen molar-refractivity contribution in [3.05, 3.63) is 40.6 Å². The molecule has 0 aliphatic carbocycles. The summed E-state index contributed by atoms with van der Waals surface area (Å²) in [6, 6.07) is 9.58. The maximum Gasteiger partial charge on any atom is 0.101 e. The molecule has 0 atom stereocenters. The Bertz CT molecular complexity index is 480. The number of nitrogens with two attached hydrogens (primary N) is 1. The second-order valence-corrected chi connectivity index (χ2v) is 3.71. The van der Waals surface area contributed by atoms with E-state index in [1.54, 1.807) is 17.4 Å². The van der Waals surface area contributed by atoms with E-state index in [1.807, 2.05) is 29.6 Å². The van der Waals surface area contributed by atoms with Gasteiger partial charge >= 0.3 is 0 Å². The molecule has 0 radical (unpaired) electrons. The van der Waals surface area contributed by atoms with Crippen LogP contribution in [-0.2, 0) is 0 Å². The van der Waals surface area contributed by atoms with Gasteiger partial charge in [-0.25, -0.2) is 0 Å². The monoisotopic (exact) mass is 200 g/mol. The molecule has 0 spiro atoms. The Morgan fingerprint density at radius 2 is 2.07 bits per heavy atom. The van der Waals surface area contributed by atoms with Crippen LogP contribution in [0.3, 0.4) is 0 Å². The first kappa shape index (κ1) is 8.79. The van der Waals surface area contributed by atoms with E-state index >= 15 is 0 Å². The van der Waals surface area contributed by atoms with Crippen molar-refractivity contribution >= 4 is 17.0 Å². The minimum absolute atomic E-state index is 0.531. The molecule has 0 aliphatic rings. The number of nitrogen functional groups attached to an aromatic ring is 1. The molecule has 2 nitrogen and oxygen atoms in total. The smallest absolute Gasteiger partial charge is 0.101 e. The fourth-order valence-corrected chi connectivity index (χ4v) is 1.94. The lowest BCUT2D eigenvalue weighted by atomic mass is 10.1. The van der Waals surface area contributed by atoms with Gasteiger partial charge in [0.25, 0.3) is 0 Å². The van der Waals surface area contributed by atoms with Crippen molar-refractivity contribution in [3.63, 3.8) is 0 Å². The van der Waals surface area contributed by atoms with Crippen LogP contribution in [0, 0.1) is 11.3 Å². The number of nitrogens with zero attached hydrogens (tertiary/aromatic N) is 1. The van der Waals surface area contributed by atoms with Crippen LogP contribution in [0.25, 0.3) is 11.1 Å². The third-order valence-corrected chi connectivity index (χ3v) is 2.71. The first-order chi connectivity index (χ1) is 6.81. The molecule has 0 amide bonds. The molecule has 0 saturated heterocycles. The highest BCUT2D eigenvalue weighted by Gasteiger charge is 2.01. The molecule has 0 saturated carbocycles. The summed E-state index contributed by atoms with van der Waals surface area (Å²) >= 11 is 1.64. The zero-order valence-electron chi connectivity index (χ0n) is 7.40. The third-order valence-electron chi connectivity index (χ3n) is 2.03. The highest BCUT2D eigenvalue weighted by molar-refractivity contribution is 7.08. The maximum absolute atomic E-state index is 8.71. The number of benzene rings is 1. The van der Waals surface area contributed by atoms with Crippen LogP contribution in [0.2, 0.25) is 0 Å². The van der Waals surface area contributed by atoms with E-state index in [1.165, 1.54) is 0 Å². The van der Waals surface area contributed by atoms with Crippen molar-refractivity contribution in [2.45, 2.75) is 0 Å². The predicted molar refractivity (Wildman–Crippen MR) is 58.9 cm³/mol. The first-order valence-electron chi connectivity index (χ1n) is 4.13. The number of anilines is 1. The van der Waals surface area contributed by atoms with Crippen LogP contribution in [0.15, 0.2) is 35.0 Å². The molecule has 1 aromatic carbocycles. The molecule has 0 aliphatic heterocycles. The summed E-state index contributed by atoms with van der Waals surface area (Å²) in [5, 5.41) is 12.8. The maximum atomic E-state index is 8.71. The van der Waals surface area contributed by atoms with Crippen molar-refractivity contribution in [2.75, 3.05) is 5.73 Å². The average molecular weight is 200 g/mol. The molecule has 1 heterocycles.